The number of thioether (sulfide) groups is 1. The third-order valence-electron chi connectivity index (χ3n) is 4.75. The van der Waals surface area contributed by atoms with Crippen molar-refractivity contribution in [3.63, 3.8) is 0 Å². The van der Waals surface area contributed by atoms with Gasteiger partial charge in [-0.1, -0.05) is 30.3 Å². The number of carbonyl (C=O) groups is 1. The van der Waals surface area contributed by atoms with Crippen molar-refractivity contribution in [2.24, 2.45) is 0 Å². The first-order valence-corrected chi connectivity index (χ1v) is 10.5. The summed E-state index contributed by atoms with van der Waals surface area (Å²) in [5.74, 6) is 3.07. The van der Waals surface area contributed by atoms with Crippen LogP contribution in [0.1, 0.15) is 39.9 Å². The Bertz CT molecular complexity index is 716. The first-order chi connectivity index (χ1) is 12.6. The predicted molar refractivity (Wildman–Crippen MR) is 109 cm³/mol. The lowest BCUT2D eigenvalue weighted by Gasteiger charge is -2.15. The van der Waals surface area contributed by atoms with Crippen LogP contribution in [0.25, 0.3) is 0 Å². The molecule has 0 aliphatic carbocycles. The molecule has 2 aromatic rings. The van der Waals surface area contributed by atoms with E-state index in [1.54, 1.807) is 0 Å². The molecule has 0 spiro atoms. The van der Waals surface area contributed by atoms with Crippen molar-refractivity contribution in [3.8, 4) is 5.75 Å². The molecule has 1 heterocycles. The fourth-order valence-electron chi connectivity index (χ4n) is 3.27. The van der Waals surface area contributed by atoms with E-state index >= 15 is 0 Å². The first-order valence-electron chi connectivity index (χ1n) is 9.30. The van der Waals surface area contributed by atoms with Gasteiger partial charge in [-0.05, 0) is 55.5 Å². The van der Waals surface area contributed by atoms with Crippen LogP contribution in [-0.2, 0) is 5.75 Å². The van der Waals surface area contributed by atoms with Gasteiger partial charge in [0.2, 0.25) is 0 Å². The summed E-state index contributed by atoms with van der Waals surface area (Å²) in [7, 11) is 0. The molecule has 0 bridgehead atoms. The average molecular weight is 370 g/mol. The molecule has 0 unspecified atom stereocenters. The zero-order chi connectivity index (χ0) is 18.4. The maximum Gasteiger partial charge on any atom is 0.253 e. The van der Waals surface area contributed by atoms with Gasteiger partial charge in [-0.2, -0.15) is 11.8 Å². The molecule has 4 heteroatoms. The van der Waals surface area contributed by atoms with Crippen LogP contribution in [-0.4, -0.2) is 36.3 Å². The standard InChI is InChI=1S/C22H27NO2S/c1-17-6-5-7-18(2)21(17)25-14-15-26-16-19-8-10-20(11-9-19)22(24)23-12-3-4-13-23/h5-11H,3-4,12-16H2,1-2H3. The highest BCUT2D eigenvalue weighted by atomic mass is 32.2. The highest BCUT2D eigenvalue weighted by molar-refractivity contribution is 7.98. The molecule has 0 aromatic heterocycles. The van der Waals surface area contributed by atoms with Crippen molar-refractivity contribution in [3.05, 3.63) is 64.7 Å². The molecule has 1 amide bonds. The number of para-hydroxylation sites is 1. The van der Waals surface area contributed by atoms with Crippen molar-refractivity contribution < 1.29 is 9.53 Å². The SMILES string of the molecule is Cc1cccc(C)c1OCCSCc1ccc(C(=O)N2CCCC2)cc1. The Balaban J connectivity index is 1.41. The second-order valence-electron chi connectivity index (χ2n) is 6.82. The van der Waals surface area contributed by atoms with Crippen molar-refractivity contribution in [1.82, 2.24) is 4.90 Å². The Morgan fingerprint density at radius 1 is 1.04 bits per heavy atom. The van der Waals surface area contributed by atoms with Crippen LogP contribution in [0.15, 0.2) is 42.5 Å². The molecular formula is C22H27NO2S. The number of amides is 1. The summed E-state index contributed by atoms with van der Waals surface area (Å²) in [6, 6.07) is 14.3. The minimum atomic E-state index is 0.170. The van der Waals surface area contributed by atoms with Gasteiger partial charge in [0, 0.05) is 30.2 Å². The van der Waals surface area contributed by atoms with E-state index in [1.807, 2.05) is 28.8 Å². The largest absolute Gasteiger partial charge is 0.492 e. The summed E-state index contributed by atoms with van der Waals surface area (Å²) < 4.78 is 5.94. The molecule has 1 aliphatic heterocycles. The minimum Gasteiger partial charge on any atom is -0.492 e. The zero-order valence-electron chi connectivity index (χ0n) is 15.7. The first kappa shape index (κ1) is 18.8. The van der Waals surface area contributed by atoms with Gasteiger partial charge < -0.3 is 9.64 Å². The van der Waals surface area contributed by atoms with Crippen LogP contribution in [0.2, 0.25) is 0 Å². The molecule has 0 saturated carbocycles. The quantitative estimate of drug-likeness (QED) is 0.653. The zero-order valence-corrected chi connectivity index (χ0v) is 16.5. The summed E-state index contributed by atoms with van der Waals surface area (Å²) in [4.78, 5) is 14.3. The molecule has 2 aromatic carbocycles. The van der Waals surface area contributed by atoms with Gasteiger partial charge in [0.15, 0.2) is 0 Å². The van der Waals surface area contributed by atoms with E-state index < -0.39 is 0 Å². The second kappa shape index (κ2) is 9.13. The number of carbonyl (C=O) groups excluding carboxylic acids is 1. The van der Waals surface area contributed by atoms with E-state index in [4.69, 9.17) is 4.74 Å². The van der Waals surface area contributed by atoms with Crippen molar-refractivity contribution in [2.45, 2.75) is 32.4 Å². The number of aryl methyl sites for hydroxylation is 2. The Hall–Kier alpha value is -1.94. The van der Waals surface area contributed by atoms with Gasteiger partial charge in [0.25, 0.3) is 5.91 Å². The van der Waals surface area contributed by atoms with E-state index in [2.05, 4.69) is 44.2 Å². The molecular weight excluding hydrogens is 342 g/mol. The highest BCUT2D eigenvalue weighted by Crippen LogP contribution is 2.23. The molecule has 0 atom stereocenters. The minimum absolute atomic E-state index is 0.170. The normalized spacial score (nSPS) is 13.8. The Kier molecular flexibility index (Phi) is 6.62. The molecule has 1 fully saturated rings. The van der Waals surface area contributed by atoms with Gasteiger partial charge in [0.05, 0.1) is 6.61 Å². The number of likely N-dealkylation sites (tertiary alicyclic amines) is 1. The number of ether oxygens (including phenoxy) is 1. The summed E-state index contributed by atoms with van der Waals surface area (Å²) in [5.41, 5.74) is 4.43. The van der Waals surface area contributed by atoms with Crippen molar-refractivity contribution in [2.75, 3.05) is 25.4 Å². The topological polar surface area (TPSA) is 29.5 Å². The molecule has 26 heavy (non-hydrogen) atoms. The average Bonchev–Trinajstić information content (AvgIpc) is 3.18. The molecule has 0 N–H and O–H groups in total. The third-order valence-corrected chi connectivity index (χ3v) is 5.74. The number of hydrogen-bond acceptors (Lipinski definition) is 3. The summed E-state index contributed by atoms with van der Waals surface area (Å²) in [6.45, 7) is 6.68. The lowest BCUT2D eigenvalue weighted by atomic mass is 10.1. The van der Waals surface area contributed by atoms with Gasteiger partial charge in [-0.25, -0.2) is 0 Å². The van der Waals surface area contributed by atoms with Crippen LogP contribution >= 0.6 is 11.8 Å². The van der Waals surface area contributed by atoms with Crippen LogP contribution in [0.5, 0.6) is 5.75 Å². The monoisotopic (exact) mass is 369 g/mol. The fourth-order valence-corrected chi connectivity index (χ4v) is 4.04. The molecule has 3 nitrogen and oxygen atoms in total. The lowest BCUT2D eigenvalue weighted by Crippen LogP contribution is -2.27. The second-order valence-corrected chi connectivity index (χ2v) is 7.92. The molecule has 0 radical (unpaired) electrons. The predicted octanol–water partition coefficient (Wildman–Crippen LogP) is 4.85. The van der Waals surface area contributed by atoms with Crippen LogP contribution in [0.3, 0.4) is 0 Å². The van der Waals surface area contributed by atoms with E-state index in [9.17, 15) is 4.79 Å². The highest BCUT2D eigenvalue weighted by Gasteiger charge is 2.19. The summed E-state index contributed by atoms with van der Waals surface area (Å²) >= 11 is 1.86. The number of nitrogens with zero attached hydrogens (tertiary/aromatic N) is 1. The van der Waals surface area contributed by atoms with E-state index in [0.29, 0.717) is 6.61 Å². The maximum absolute atomic E-state index is 12.4. The Morgan fingerprint density at radius 3 is 2.35 bits per heavy atom. The maximum atomic E-state index is 12.4. The van der Waals surface area contributed by atoms with Crippen molar-refractivity contribution in [1.29, 1.82) is 0 Å². The Morgan fingerprint density at radius 2 is 1.69 bits per heavy atom. The van der Waals surface area contributed by atoms with Gasteiger partial charge >= 0.3 is 0 Å². The van der Waals surface area contributed by atoms with Crippen LogP contribution < -0.4 is 4.74 Å². The Labute approximate surface area is 160 Å². The van der Waals surface area contributed by atoms with Gasteiger partial charge in [-0.3, -0.25) is 4.79 Å². The van der Waals surface area contributed by atoms with E-state index in [1.165, 1.54) is 16.7 Å². The van der Waals surface area contributed by atoms with E-state index in [-0.39, 0.29) is 5.91 Å². The van der Waals surface area contributed by atoms with Crippen molar-refractivity contribution >= 4 is 17.7 Å². The van der Waals surface area contributed by atoms with E-state index in [0.717, 1.165) is 48.7 Å². The third kappa shape index (κ3) is 4.82. The van der Waals surface area contributed by atoms with Crippen LogP contribution in [0, 0.1) is 13.8 Å². The smallest absolute Gasteiger partial charge is 0.253 e. The van der Waals surface area contributed by atoms with Crippen LogP contribution in [0.4, 0.5) is 0 Å². The molecule has 138 valence electrons. The molecule has 1 saturated heterocycles. The number of benzene rings is 2. The summed E-state index contributed by atoms with van der Waals surface area (Å²) in [6.07, 6.45) is 2.26. The molecule has 1 aliphatic rings. The van der Waals surface area contributed by atoms with Gasteiger partial charge in [-0.15, -0.1) is 0 Å². The number of hydrogen-bond donors (Lipinski definition) is 0. The molecule has 3 rings (SSSR count). The summed E-state index contributed by atoms with van der Waals surface area (Å²) in [5, 5.41) is 0. The fraction of sp³-hybridized carbons (Fsp3) is 0.409. The van der Waals surface area contributed by atoms with Gasteiger partial charge in [0.1, 0.15) is 5.75 Å². The lowest BCUT2D eigenvalue weighted by molar-refractivity contribution is 0.0793. The number of rotatable bonds is 7.